The molecule has 1 aromatic carbocycles. The van der Waals surface area contributed by atoms with Crippen LogP contribution >= 0.6 is 0 Å². The summed E-state index contributed by atoms with van der Waals surface area (Å²) >= 11 is 0. The van der Waals surface area contributed by atoms with Crippen LogP contribution in [-0.4, -0.2) is 34.0 Å². The smallest absolute Gasteiger partial charge is 0.253 e. The molecule has 0 spiro atoms. The molecule has 1 N–H and O–H groups in total. The summed E-state index contributed by atoms with van der Waals surface area (Å²) in [6, 6.07) is 5.80. The molecule has 0 unspecified atom stereocenters. The van der Waals surface area contributed by atoms with Crippen molar-refractivity contribution in [1.29, 1.82) is 0 Å². The molecule has 6 heteroatoms. The van der Waals surface area contributed by atoms with E-state index in [9.17, 15) is 4.79 Å². The normalized spacial score (nSPS) is 17.6. The van der Waals surface area contributed by atoms with E-state index in [1.54, 1.807) is 0 Å². The van der Waals surface area contributed by atoms with Crippen molar-refractivity contribution in [3.63, 3.8) is 0 Å². The molecule has 0 radical (unpaired) electrons. The Hall–Kier alpha value is -2.37. The second-order valence-electron chi connectivity index (χ2n) is 7.58. The molecule has 1 saturated heterocycles. The van der Waals surface area contributed by atoms with Gasteiger partial charge in [0, 0.05) is 30.3 Å². The highest BCUT2D eigenvalue weighted by Crippen LogP contribution is 2.22. The van der Waals surface area contributed by atoms with Gasteiger partial charge in [0.1, 0.15) is 0 Å². The third kappa shape index (κ3) is 4.23. The number of aryl methyl sites for hydroxylation is 1. The van der Waals surface area contributed by atoms with Crippen molar-refractivity contribution in [3.8, 4) is 0 Å². The molecule has 2 aromatic rings. The van der Waals surface area contributed by atoms with E-state index in [0.29, 0.717) is 18.4 Å². The first-order valence-electron chi connectivity index (χ1n) is 9.40. The number of rotatable bonds is 5. The first-order chi connectivity index (χ1) is 12.4. The summed E-state index contributed by atoms with van der Waals surface area (Å²) in [5.74, 6) is 2.24. The maximum absolute atomic E-state index is 12.7. The molecule has 26 heavy (non-hydrogen) atoms. The molecular weight excluding hydrogens is 328 g/mol. The topological polar surface area (TPSA) is 71.3 Å². The largest absolute Gasteiger partial charge is 0.376 e. The Morgan fingerprint density at radius 1 is 1.42 bits per heavy atom. The van der Waals surface area contributed by atoms with Crippen LogP contribution in [0.1, 0.15) is 67.2 Å². The predicted octanol–water partition coefficient (Wildman–Crippen LogP) is 3.99. The number of carbonyl (C=O) groups excluding carboxylic acids is 1. The maximum Gasteiger partial charge on any atom is 0.253 e. The number of amides is 1. The third-order valence-corrected chi connectivity index (χ3v) is 4.85. The number of nitrogens with zero attached hydrogens (tertiary/aromatic N) is 3. The van der Waals surface area contributed by atoms with E-state index < -0.39 is 0 Å². The summed E-state index contributed by atoms with van der Waals surface area (Å²) in [6.45, 7) is 10.5. The van der Waals surface area contributed by atoms with Crippen molar-refractivity contribution in [2.45, 2.75) is 53.0 Å². The van der Waals surface area contributed by atoms with Gasteiger partial charge >= 0.3 is 0 Å². The lowest BCUT2D eigenvalue weighted by atomic mass is 9.99. The van der Waals surface area contributed by atoms with Crippen LogP contribution in [0.3, 0.4) is 0 Å². The highest BCUT2D eigenvalue weighted by Gasteiger charge is 2.22. The molecule has 1 aromatic heterocycles. The van der Waals surface area contributed by atoms with Crippen LogP contribution in [0.2, 0.25) is 0 Å². The average molecular weight is 356 g/mol. The number of likely N-dealkylation sites (tertiary alicyclic amines) is 1. The number of carbonyl (C=O) groups is 1. The number of nitrogens with one attached hydrogen (secondary N) is 1. The van der Waals surface area contributed by atoms with Crippen LogP contribution in [0, 0.1) is 12.8 Å². The lowest BCUT2D eigenvalue weighted by molar-refractivity contribution is 0.0683. The zero-order chi connectivity index (χ0) is 18.7. The average Bonchev–Trinajstić information content (AvgIpc) is 3.09. The second kappa shape index (κ2) is 7.89. The molecular formula is C20H28N4O2. The second-order valence-corrected chi connectivity index (χ2v) is 7.58. The van der Waals surface area contributed by atoms with Crippen molar-refractivity contribution >= 4 is 11.6 Å². The van der Waals surface area contributed by atoms with E-state index in [2.05, 4.69) is 22.4 Å². The van der Waals surface area contributed by atoms with Crippen molar-refractivity contribution in [2.75, 3.05) is 18.4 Å². The Morgan fingerprint density at radius 2 is 2.23 bits per heavy atom. The van der Waals surface area contributed by atoms with E-state index in [4.69, 9.17) is 4.52 Å². The molecule has 1 fully saturated rings. The number of piperidine rings is 1. The summed E-state index contributed by atoms with van der Waals surface area (Å²) in [6.07, 6.45) is 2.30. The molecule has 0 aliphatic carbocycles. The summed E-state index contributed by atoms with van der Waals surface area (Å²) in [7, 11) is 0. The molecule has 140 valence electrons. The lowest BCUT2D eigenvalue weighted by Crippen LogP contribution is -2.39. The summed E-state index contributed by atoms with van der Waals surface area (Å²) in [4.78, 5) is 19.1. The number of hydrogen-bond donors (Lipinski definition) is 1. The Bertz CT molecular complexity index is 769. The Balaban J connectivity index is 1.64. The van der Waals surface area contributed by atoms with Gasteiger partial charge < -0.3 is 14.7 Å². The summed E-state index contributed by atoms with van der Waals surface area (Å²) in [5, 5.41) is 7.28. The Kier molecular flexibility index (Phi) is 5.59. The van der Waals surface area contributed by atoms with Gasteiger partial charge in [-0.1, -0.05) is 25.9 Å². The van der Waals surface area contributed by atoms with Gasteiger partial charge in [-0.15, -0.1) is 0 Å². The zero-order valence-electron chi connectivity index (χ0n) is 16.1. The van der Waals surface area contributed by atoms with Gasteiger partial charge in [0.05, 0.1) is 6.54 Å². The first-order valence-corrected chi connectivity index (χ1v) is 9.40. The van der Waals surface area contributed by atoms with Crippen LogP contribution in [0.5, 0.6) is 0 Å². The van der Waals surface area contributed by atoms with Crippen molar-refractivity contribution < 1.29 is 9.32 Å². The van der Waals surface area contributed by atoms with E-state index in [-0.39, 0.29) is 11.8 Å². The van der Waals surface area contributed by atoms with Crippen LogP contribution in [-0.2, 0) is 6.54 Å². The Labute approximate surface area is 155 Å². The molecule has 1 atom stereocenters. The highest BCUT2D eigenvalue weighted by atomic mass is 16.5. The van der Waals surface area contributed by atoms with Gasteiger partial charge in [0.25, 0.3) is 5.91 Å². The zero-order valence-corrected chi connectivity index (χ0v) is 16.1. The van der Waals surface area contributed by atoms with Crippen LogP contribution in [0.4, 0.5) is 5.69 Å². The van der Waals surface area contributed by atoms with Gasteiger partial charge in [0.2, 0.25) is 5.89 Å². The SMILES string of the molecule is Cc1cc(C(=O)N2CCC[C@H](C)C2)ccc1NCc1nc(C(C)C)no1. The molecule has 1 amide bonds. The van der Waals surface area contributed by atoms with Crippen LogP contribution in [0.25, 0.3) is 0 Å². The lowest BCUT2D eigenvalue weighted by Gasteiger charge is -2.31. The van der Waals surface area contributed by atoms with Gasteiger partial charge in [-0.05, 0) is 49.4 Å². The number of anilines is 1. The fourth-order valence-electron chi connectivity index (χ4n) is 3.30. The minimum atomic E-state index is 0.129. The maximum atomic E-state index is 12.7. The van der Waals surface area contributed by atoms with Crippen molar-refractivity contribution in [3.05, 3.63) is 41.0 Å². The van der Waals surface area contributed by atoms with Gasteiger partial charge in [-0.2, -0.15) is 4.98 Å². The van der Waals surface area contributed by atoms with E-state index >= 15 is 0 Å². The third-order valence-electron chi connectivity index (χ3n) is 4.85. The molecule has 0 saturated carbocycles. The first kappa shape index (κ1) is 18.4. The summed E-state index contributed by atoms with van der Waals surface area (Å²) in [5.41, 5.74) is 2.75. The van der Waals surface area contributed by atoms with E-state index in [1.807, 2.05) is 43.9 Å². The minimum Gasteiger partial charge on any atom is -0.376 e. The standard InChI is InChI=1S/C20H28N4O2/c1-13(2)19-22-18(26-23-19)11-21-17-8-7-16(10-15(17)4)20(25)24-9-5-6-14(3)12-24/h7-8,10,13-14,21H,5-6,9,11-12H2,1-4H3/t14-/m0/s1. The molecule has 0 bridgehead atoms. The minimum absolute atomic E-state index is 0.129. The van der Waals surface area contributed by atoms with Crippen molar-refractivity contribution in [1.82, 2.24) is 15.0 Å². The van der Waals surface area contributed by atoms with E-state index in [1.165, 1.54) is 6.42 Å². The van der Waals surface area contributed by atoms with Crippen LogP contribution < -0.4 is 5.32 Å². The predicted molar refractivity (Wildman–Crippen MR) is 101 cm³/mol. The molecule has 6 nitrogen and oxygen atoms in total. The van der Waals surface area contributed by atoms with E-state index in [0.717, 1.165) is 42.1 Å². The number of benzene rings is 1. The van der Waals surface area contributed by atoms with Gasteiger partial charge in [-0.25, -0.2) is 0 Å². The summed E-state index contributed by atoms with van der Waals surface area (Å²) < 4.78 is 5.25. The van der Waals surface area contributed by atoms with Gasteiger partial charge in [-0.3, -0.25) is 4.79 Å². The number of hydrogen-bond acceptors (Lipinski definition) is 5. The fourth-order valence-corrected chi connectivity index (χ4v) is 3.30. The quantitative estimate of drug-likeness (QED) is 0.877. The fraction of sp³-hybridized carbons (Fsp3) is 0.550. The van der Waals surface area contributed by atoms with Crippen molar-refractivity contribution in [2.24, 2.45) is 5.92 Å². The highest BCUT2D eigenvalue weighted by molar-refractivity contribution is 5.95. The monoisotopic (exact) mass is 356 g/mol. The Morgan fingerprint density at radius 3 is 2.88 bits per heavy atom. The molecule has 1 aliphatic heterocycles. The van der Waals surface area contributed by atoms with Gasteiger partial charge in [0.15, 0.2) is 5.82 Å². The molecule has 1 aliphatic rings. The number of aromatic nitrogens is 2. The van der Waals surface area contributed by atoms with Crippen LogP contribution in [0.15, 0.2) is 22.7 Å². The molecule has 3 rings (SSSR count). The molecule has 2 heterocycles.